The lowest BCUT2D eigenvalue weighted by Gasteiger charge is -2.27. The number of aryl methyl sites for hydroxylation is 2. The van der Waals surface area contributed by atoms with Crippen LogP contribution in [-0.4, -0.2) is 18.3 Å². The quantitative estimate of drug-likeness (QED) is 0.172. The number of rotatable bonds is 5. The van der Waals surface area contributed by atoms with E-state index in [0.29, 0.717) is 16.8 Å². The Hall–Kier alpha value is -9.62. The number of allylic oxidation sites excluding steroid dienone is 2. The van der Waals surface area contributed by atoms with Crippen molar-refractivity contribution in [3.05, 3.63) is 227 Å². The van der Waals surface area contributed by atoms with Crippen molar-refractivity contribution in [1.82, 2.24) is 18.3 Å². The maximum absolute atomic E-state index is 12.5. The van der Waals surface area contributed by atoms with Gasteiger partial charge < -0.3 is 18.3 Å². The van der Waals surface area contributed by atoms with E-state index in [1.807, 2.05) is 0 Å². The van der Waals surface area contributed by atoms with Gasteiger partial charge in [-0.05, 0) is 120 Å². The molecule has 0 aliphatic heterocycles. The first-order valence-electron chi connectivity index (χ1n) is 26.5. The van der Waals surface area contributed by atoms with Crippen molar-refractivity contribution in [3.63, 3.8) is 0 Å². The van der Waals surface area contributed by atoms with Gasteiger partial charge in [0.2, 0.25) is 0 Å². The van der Waals surface area contributed by atoms with E-state index >= 15 is 0 Å². The van der Waals surface area contributed by atoms with Crippen LogP contribution in [0.4, 0.5) is 0 Å². The maximum Gasteiger partial charge on any atom is 0.104 e. The second-order valence-corrected chi connectivity index (χ2v) is 21.6. The molecule has 9 aromatic carbocycles. The molecule has 0 radical (unpaired) electrons. The molecule has 6 nitrogen and oxygen atoms in total. The summed E-state index contributed by atoms with van der Waals surface area (Å²) in [4.78, 5) is 0. The summed E-state index contributed by atoms with van der Waals surface area (Å²) in [7, 11) is 0. The molecule has 0 fully saturated rings. The highest BCUT2D eigenvalue weighted by atomic mass is 15.1. The fourth-order valence-electron chi connectivity index (χ4n) is 13.2. The Balaban J connectivity index is 1.18. The van der Waals surface area contributed by atoms with Gasteiger partial charge in [0.05, 0.1) is 55.7 Å². The highest BCUT2D eigenvalue weighted by Gasteiger charge is 2.34. The van der Waals surface area contributed by atoms with E-state index in [9.17, 15) is 10.5 Å². The minimum atomic E-state index is -0.108. The Bertz CT molecular complexity index is 4700. The highest BCUT2D eigenvalue weighted by Crippen LogP contribution is 2.50. The van der Waals surface area contributed by atoms with Gasteiger partial charge in [0.15, 0.2) is 0 Å². The van der Waals surface area contributed by atoms with Gasteiger partial charge in [-0.1, -0.05) is 160 Å². The largest absolute Gasteiger partial charge is 0.309 e. The van der Waals surface area contributed by atoms with Crippen LogP contribution in [0.1, 0.15) is 72.7 Å². The zero-order chi connectivity index (χ0) is 51.0. The number of hydrogen-bond donors (Lipinski definition) is 0. The highest BCUT2D eigenvalue weighted by molar-refractivity contribution is 6.17. The van der Waals surface area contributed by atoms with Crippen LogP contribution >= 0.6 is 0 Å². The molecule has 0 N–H and O–H groups in total. The normalized spacial score (nSPS) is 13.4. The smallest absolute Gasteiger partial charge is 0.104 e. The minimum Gasteiger partial charge on any atom is -0.309 e. The van der Waals surface area contributed by atoms with E-state index < -0.39 is 0 Å². The molecule has 6 heteroatoms. The average molecular weight is 975 g/mol. The molecule has 2 aliphatic rings. The molecule has 4 heterocycles. The van der Waals surface area contributed by atoms with E-state index in [4.69, 9.17) is 0 Å². The molecular formula is C70H50N6. The van der Waals surface area contributed by atoms with Crippen LogP contribution in [0.25, 0.3) is 122 Å². The van der Waals surface area contributed by atoms with Crippen LogP contribution in [-0.2, 0) is 18.3 Å². The summed E-state index contributed by atoms with van der Waals surface area (Å²) in [6, 6.07) is 69.0. The molecule has 76 heavy (non-hydrogen) atoms. The third-order valence-electron chi connectivity index (χ3n) is 16.5. The van der Waals surface area contributed by atoms with E-state index in [0.717, 1.165) is 125 Å². The molecule has 360 valence electrons. The molecular weight excluding hydrogens is 925 g/mol. The number of benzene rings is 9. The zero-order valence-electron chi connectivity index (χ0n) is 42.6. The van der Waals surface area contributed by atoms with Crippen molar-refractivity contribution < 1.29 is 0 Å². The van der Waals surface area contributed by atoms with Gasteiger partial charge in [-0.15, -0.1) is 0 Å². The average Bonchev–Trinajstić information content (AvgIpc) is 4.37. The second-order valence-electron chi connectivity index (χ2n) is 21.6. The number of nitriles is 2. The molecule has 13 aromatic rings. The third kappa shape index (κ3) is 6.13. The lowest BCUT2D eigenvalue weighted by Crippen LogP contribution is -2.15. The number of aromatic nitrogens is 4. The number of fused-ring (bicyclic) bond motifs is 14. The van der Waals surface area contributed by atoms with Gasteiger partial charge >= 0.3 is 0 Å². The standard InChI is InChI=1S/C70H50N6/c1-70(2,3)45-35-32-44(33-36-45)65-68(74-59-28-14-8-22-50(59)51-23-9-15-29-60(51)74)55(41-71)67(56(42-72)69(65)75-61-30-16-10-24-52(61)53-25-11-17-31-62(53)75)76-63-39-37-46(40-54(63)66-47-19-5-4-18-43(47)34-38-64(66)76)73-57-26-12-6-20-48(57)49-21-7-13-27-58(49)73/h5-10,12-17,19-24,26-40H,4,11,18,25H2,1-3H3. The summed E-state index contributed by atoms with van der Waals surface area (Å²) < 4.78 is 9.32. The predicted molar refractivity (Wildman–Crippen MR) is 315 cm³/mol. The molecule has 4 aromatic heterocycles. The fourth-order valence-corrected chi connectivity index (χ4v) is 13.2. The van der Waals surface area contributed by atoms with Crippen molar-refractivity contribution in [1.29, 1.82) is 10.5 Å². The first-order chi connectivity index (χ1) is 37.3. The van der Waals surface area contributed by atoms with E-state index in [2.05, 4.69) is 251 Å². The molecule has 0 bridgehead atoms. The Morgan fingerprint density at radius 3 is 1.51 bits per heavy atom. The van der Waals surface area contributed by atoms with Gasteiger partial charge in [-0.3, -0.25) is 0 Å². The number of hydrogen-bond acceptors (Lipinski definition) is 2. The maximum atomic E-state index is 12.5. The van der Waals surface area contributed by atoms with Crippen molar-refractivity contribution in [2.45, 2.75) is 51.9 Å². The Morgan fingerprint density at radius 2 is 0.921 bits per heavy atom. The summed E-state index contributed by atoms with van der Waals surface area (Å²) in [5.74, 6) is 0. The van der Waals surface area contributed by atoms with Gasteiger partial charge in [-0.2, -0.15) is 10.5 Å². The first kappa shape index (κ1) is 43.9. The Morgan fingerprint density at radius 1 is 0.434 bits per heavy atom. The molecule has 0 atom stereocenters. The van der Waals surface area contributed by atoms with E-state index in [1.165, 1.54) is 33.0 Å². The molecule has 15 rings (SSSR count). The summed E-state index contributed by atoms with van der Waals surface area (Å²) in [6.45, 7) is 6.72. The molecule has 0 saturated heterocycles. The number of para-hydroxylation sites is 5. The van der Waals surface area contributed by atoms with Crippen molar-refractivity contribution in [2.75, 3.05) is 0 Å². The first-order valence-corrected chi connectivity index (χ1v) is 26.5. The number of nitrogens with zero attached hydrogens (tertiary/aromatic N) is 6. The van der Waals surface area contributed by atoms with Crippen LogP contribution in [0.5, 0.6) is 0 Å². The third-order valence-corrected chi connectivity index (χ3v) is 16.5. The van der Waals surface area contributed by atoms with Crippen LogP contribution in [0.3, 0.4) is 0 Å². The summed E-state index contributed by atoms with van der Waals surface area (Å²) in [5, 5.41) is 32.8. The van der Waals surface area contributed by atoms with E-state index in [1.54, 1.807) is 0 Å². The summed E-state index contributed by atoms with van der Waals surface area (Å²) in [5.41, 5.74) is 18.6. The fraction of sp³-hybridized carbons (Fsp3) is 0.114. The monoisotopic (exact) mass is 974 g/mol. The van der Waals surface area contributed by atoms with Crippen LogP contribution in [0, 0.1) is 22.7 Å². The van der Waals surface area contributed by atoms with Crippen LogP contribution in [0.15, 0.2) is 188 Å². The molecule has 0 spiro atoms. The van der Waals surface area contributed by atoms with Crippen LogP contribution in [0.2, 0.25) is 0 Å². The Kier molecular flexibility index (Phi) is 9.50. The summed E-state index contributed by atoms with van der Waals surface area (Å²) in [6.07, 6.45) is 12.8. The topological polar surface area (TPSA) is 67.3 Å². The van der Waals surface area contributed by atoms with Gasteiger partial charge in [0.25, 0.3) is 0 Å². The van der Waals surface area contributed by atoms with E-state index in [-0.39, 0.29) is 5.41 Å². The minimum absolute atomic E-state index is 0.108. The van der Waals surface area contributed by atoms with Crippen molar-refractivity contribution in [2.24, 2.45) is 0 Å². The zero-order valence-corrected chi connectivity index (χ0v) is 42.6. The Labute approximate surface area is 440 Å². The van der Waals surface area contributed by atoms with Gasteiger partial charge in [-0.25, -0.2) is 0 Å². The lowest BCUT2D eigenvalue weighted by atomic mass is 9.85. The molecule has 0 amide bonds. The molecule has 0 saturated carbocycles. The second kappa shape index (κ2) is 16.4. The predicted octanol–water partition coefficient (Wildman–Crippen LogP) is 17.5. The van der Waals surface area contributed by atoms with Crippen LogP contribution < -0.4 is 0 Å². The van der Waals surface area contributed by atoms with Crippen molar-refractivity contribution in [3.8, 4) is 46.0 Å². The SMILES string of the molecule is CC(C)(C)c1ccc(-c2c(-n3c4c(c5ccccc53)CCC=C4)c(C#N)c(-n3c4ccc(-n5c6ccccc6c6ccccc65)cc4c4c5c(ccc43)CCC=C5)c(C#N)c2-n2c3ccccc3c3ccccc32)cc1. The van der Waals surface area contributed by atoms with Gasteiger partial charge in [0.1, 0.15) is 23.3 Å². The molecule has 2 aliphatic carbocycles. The van der Waals surface area contributed by atoms with Gasteiger partial charge in [0, 0.05) is 54.6 Å². The summed E-state index contributed by atoms with van der Waals surface area (Å²) >= 11 is 0. The van der Waals surface area contributed by atoms with Crippen molar-refractivity contribution >= 4 is 88.5 Å². The molecule has 0 unspecified atom stereocenters. The lowest BCUT2D eigenvalue weighted by molar-refractivity contribution is 0.590.